The summed E-state index contributed by atoms with van der Waals surface area (Å²) in [4.78, 5) is 24.3. The maximum atomic E-state index is 13.1. The SMILES string of the molecule is O=c1[nH]c(NC2c3c(cc4ccc5cccc6ccc3c4c56)C(O)C(O)C2O)nc2c1ncn2[C@@H]1O[C@H](CO)[C@@H](O)[C@H]1O. The molecule has 220 valence electrons. The number of anilines is 1. The zero-order valence-corrected chi connectivity index (χ0v) is 22.4. The lowest BCUT2D eigenvalue weighted by atomic mass is 9.77. The van der Waals surface area contributed by atoms with E-state index in [1.807, 2.05) is 48.5 Å². The van der Waals surface area contributed by atoms with E-state index in [1.165, 1.54) is 10.9 Å². The second-order valence-electron chi connectivity index (χ2n) is 11.3. The zero-order valence-electron chi connectivity index (χ0n) is 22.4. The third-order valence-electron chi connectivity index (χ3n) is 8.88. The van der Waals surface area contributed by atoms with Gasteiger partial charge in [-0.25, -0.2) is 4.98 Å². The standard InChI is InChI=1S/C30H27N5O8/c36-9-16-23(38)26(41)29(43-16)35-10-31-21-27(35)33-30(34-28(21)42)32-20-19-14-7-6-12-3-1-2-11-4-5-13(18(14)17(11)12)8-15(19)22(37)25(40)24(20)39/h1-8,10,16,20,22-26,29,36-41H,9H2,(H2,32,33,34,42)/t16-,20?,22?,23-,24?,25?,26-,29-/m1/s1. The van der Waals surface area contributed by atoms with Crippen molar-refractivity contribution < 1.29 is 35.4 Å². The summed E-state index contributed by atoms with van der Waals surface area (Å²) in [6.45, 7) is -0.530. The van der Waals surface area contributed by atoms with Gasteiger partial charge in [0.2, 0.25) is 5.95 Å². The molecule has 2 aliphatic rings. The van der Waals surface area contributed by atoms with Gasteiger partial charge in [-0.1, -0.05) is 42.5 Å². The number of benzene rings is 4. The highest BCUT2D eigenvalue weighted by Crippen LogP contribution is 2.46. The average molecular weight is 586 g/mol. The van der Waals surface area contributed by atoms with Crippen LogP contribution in [0.3, 0.4) is 0 Å². The summed E-state index contributed by atoms with van der Waals surface area (Å²) < 4.78 is 6.90. The third-order valence-corrected chi connectivity index (χ3v) is 8.88. The minimum absolute atomic E-state index is 0.0163. The maximum Gasteiger partial charge on any atom is 0.280 e. The molecule has 3 heterocycles. The van der Waals surface area contributed by atoms with Gasteiger partial charge in [0.25, 0.3) is 5.56 Å². The molecule has 4 aromatic carbocycles. The molecule has 1 fully saturated rings. The number of H-pyrrole nitrogens is 1. The third kappa shape index (κ3) is 3.67. The Morgan fingerprint density at radius 3 is 2.40 bits per heavy atom. The van der Waals surface area contributed by atoms with Crippen LogP contribution >= 0.6 is 0 Å². The van der Waals surface area contributed by atoms with Crippen LogP contribution in [0.25, 0.3) is 43.5 Å². The molecule has 6 aromatic rings. The Labute approximate surface area is 241 Å². The average Bonchev–Trinajstić information content (AvgIpc) is 3.56. The van der Waals surface area contributed by atoms with Crippen molar-refractivity contribution in [2.24, 2.45) is 0 Å². The number of aliphatic hydroxyl groups excluding tert-OH is 6. The van der Waals surface area contributed by atoms with E-state index in [9.17, 15) is 35.4 Å². The van der Waals surface area contributed by atoms with Gasteiger partial charge in [-0.2, -0.15) is 4.98 Å². The van der Waals surface area contributed by atoms with Crippen molar-refractivity contribution in [2.75, 3.05) is 11.9 Å². The smallest absolute Gasteiger partial charge is 0.280 e. The molecular formula is C30H27N5O8. The Balaban J connectivity index is 1.29. The lowest BCUT2D eigenvalue weighted by Gasteiger charge is -2.38. The van der Waals surface area contributed by atoms with E-state index in [-0.39, 0.29) is 17.1 Å². The highest BCUT2D eigenvalue weighted by Gasteiger charge is 2.45. The monoisotopic (exact) mass is 585 g/mol. The molecule has 8 N–H and O–H groups in total. The van der Waals surface area contributed by atoms with E-state index in [4.69, 9.17) is 4.74 Å². The summed E-state index contributed by atoms with van der Waals surface area (Å²) in [7, 11) is 0. The van der Waals surface area contributed by atoms with Gasteiger partial charge in [-0.3, -0.25) is 14.3 Å². The van der Waals surface area contributed by atoms with Crippen LogP contribution in [0.15, 0.2) is 59.7 Å². The molecule has 1 aliphatic heterocycles. The van der Waals surface area contributed by atoms with E-state index in [2.05, 4.69) is 20.3 Å². The van der Waals surface area contributed by atoms with Crippen molar-refractivity contribution in [3.63, 3.8) is 0 Å². The van der Waals surface area contributed by atoms with Crippen LogP contribution in [0.4, 0.5) is 5.95 Å². The first-order valence-corrected chi connectivity index (χ1v) is 13.9. The van der Waals surface area contributed by atoms with Gasteiger partial charge in [-0.05, 0) is 49.5 Å². The summed E-state index contributed by atoms with van der Waals surface area (Å²) in [5, 5.41) is 72.3. The maximum absolute atomic E-state index is 13.1. The Morgan fingerprint density at radius 1 is 0.907 bits per heavy atom. The number of nitrogens with one attached hydrogen (secondary N) is 2. The highest BCUT2D eigenvalue weighted by molar-refractivity contribution is 6.24. The Bertz CT molecular complexity index is 2080. The fourth-order valence-electron chi connectivity index (χ4n) is 6.78. The summed E-state index contributed by atoms with van der Waals surface area (Å²) in [5.41, 5.74) is 0.311. The van der Waals surface area contributed by atoms with Crippen LogP contribution < -0.4 is 10.9 Å². The lowest BCUT2D eigenvalue weighted by Crippen LogP contribution is -2.44. The van der Waals surface area contributed by atoms with Crippen LogP contribution in [-0.2, 0) is 4.74 Å². The number of ether oxygens (including phenoxy) is 1. The number of aliphatic hydroxyl groups is 6. The van der Waals surface area contributed by atoms with Crippen LogP contribution in [-0.4, -0.2) is 87.3 Å². The van der Waals surface area contributed by atoms with Crippen LogP contribution in [0.2, 0.25) is 0 Å². The number of nitrogens with zero attached hydrogens (tertiary/aromatic N) is 3. The summed E-state index contributed by atoms with van der Waals surface area (Å²) in [6.07, 6.45) is -8.19. The quantitative estimate of drug-likeness (QED) is 0.134. The van der Waals surface area contributed by atoms with E-state index in [0.717, 1.165) is 32.3 Å². The minimum Gasteiger partial charge on any atom is -0.394 e. The van der Waals surface area contributed by atoms with Crippen molar-refractivity contribution >= 4 is 49.4 Å². The van der Waals surface area contributed by atoms with Crippen molar-refractivity contribution in [1.82, 2.24) is 19.5 Å². The highest BCUT2D eigenvalue weighted by atomic mass is 16.6. The molecular weight excluding hydrogens is 558 g/mol. The van der Waals surface area contributed by atoms with Crippen LogP contribution in [0.5, 0.6) is 0 Å². The second kappa shape index (κ2) is 9.39. The Kier molecular flexibility index (Phi) is 5.77. The van der Waals surface area contributed by atoms with E-state index in [0.29, 0.717) is 11.1 Å². The molecule has 1 aliphatic carbocycles. The molecule has 4 unspecified atom stereocenters. The van der Waals surface area contributed by atoms with E-state index < -0.39 is 61.1 Å². The molecule has 8 atom stereocenters. The molecule has 13 nitrogen and oxygen atoms in total. The number of hydrogen-bond donors (Lipinski definition) is 8. The van der Waals surface area contributed by atoms with E-state index in [1.54, 1.807) is 0 Å². The van der Waals surface area contributed by atoms with Gasteiger partial charge in [0.1, 0.15) is 36.6 Å². The topological polar surface area (TPSA) is 206 Å². The van der Waals surface area contributed by atoms with Gasteiger partial charge in [0.15, 0.2) is 17.4 Å². The predicted molar refractivity (Wildman–Crippen MR) is 155 cm³/mol. The van der Waals surface area contributed by atoms with Crippen LogP contribution in [0, 0.1) is 0 Å². The van der Waals surface area contributed by atoms with E-state index >= 15 is 0 Å². The second-order valence-corrected chi connectivity index (χ2v) is 11.3. The molecule has 0 saturated carbocycles. The van der Waals surface area contributed by atoms with Crippen molar-refractivity contribution in [1.29, 1.82) is 0 Å². The predicted octanol–water partition coefficient (Wildman–Crippen LogP) is 0.550. The molecule has 0 amide bonds. The first-order chi connectivity index (χ1) is 20.8. The Morgan fingerprint density at radius 2 is 1.65 bits per heavy atom. The molecule has 0 spiro atoms. The van der Waals surface area contributed by atoms with Crippen molar-refractivity contribution in [2.45, 2.75) is 48.9 Å². The van der Waals surface area contributed by atoms with Gasteiger partial charge in [0.05, 0.1) is 19.0 Å². The van der Waals surface area contributed by atoms with Gasteiger partial charge in [-0.15, -0.1) is 0 Å². The lowest BCUT2D eigenvalue weighted by molar-refractivity contribution is -0.0767. The first kappa shape index (κ1) is 26.4. The zero-order chi connectivity index (χ0) is 29.7. The number of rotatable bonds is 4. The number of imidazole rings is 1. The number of hydrogen-bond acceptors (Lipinski definition) is 11. The number of aromatic nitrogens is 4. The normalized spacial score (nSPS) is 29.3. The van der Waals surface area contributed by atoms with Gasteiger partial charge >= 0.3 is 0 Å². The van der Waals surface area contributed by atoms with Crippen LogP contribution in [0.1, 0.15) is 29.5 Å². The molecule has 13 heteroatoms. The van der Waals surface area contributed by atoms with Gasteiger partial charge < -0.3 is 40.7 Å². The first-order valence-electron chi connectivity index (χ1n) is 13.9. The van der Waals surface area contributed by atoms with Crippen molar-refractivity contribution in [3.8, 4) is 0 Å². The molecule has 0 radical (unpaired) electrons. The molecule has 1 saturated heterocycles. The van der Waals surface area contributed by atoms with Gasteiger partial charge in [0, 0.05) is 0 Å². The Hall–Kier alpha value is -4.21. The summed E-state index contributed by atoms with van der Waals surface area (Å²) in [5.74, 6) is -0.0738. The fourth-order valence-corrected chi connectivity index (χ4v) is 6.78. The minimum atomic E-state index is -1.54. The number of aromatic amines is 1. The molecule has 2 aromatic heterocycles. The summed E-state index contributed by atoms with van der Waals surface area (Å²) in [6, 6.07) is 14.7. The number of fused-ring (bicyclic) bond motifs is 3. The van der Waals surface area contributed by atoms with Crippen molar-refractivity contribution in [3.05, 3.63) is 76.3 Å². The molecule has 0 bridgehead atoms. The molecule has 43 heavy (non-hydrogen) atoms. The largest absolute Gasteiger partial charge is 0.394 e. The molecule has 8 rings (SSSR count). The fraction of sp³-hybridized carbons (Fsp3) is 0.300. The summed E-state index contributed by atoms with van der Waals surface area (Å²) >= 11 is 0.